The van der Waals surface area contributed by atoms with Gasteiger partial charge in [0.15, 0.2) is 5.82 Å². The van der Waals surface area contributed by atoms with E-state index in [1.54, 1.807) is 18.3 Å². The van der Waals surface area contributed by atoms with Crippen LogP contribution in [-0.4, -0.2) is 69.0 Å². The van der Waals surface area contributed by atoms with Crippen molar-refractivity contribution in [2.45, 2.75) is 83.0 Å². The zero-order chi connectivity index (χ0) is 30.6. The fourth-order valence-corrected chi connectivity index (χ4v) is 7.76. The monoisotopic (exact) mass is 605 g/mol. The molecule has 4 aromatic rings. The minimum atomic E-state index is -0.897. The van der Waals surface area contributed by atoms with Crippen molar-refractivity contribution >= 4 is 27.5 Å². The van der Waals surface area contributed by atoms with Crippen molar-refractivity contribution in [3.05, 3.63) is 47.7 Å². The van der Waals surface area contributed by atoms with Crippen molar-refractivity contribution in [2.75, 3.05) is 31.1 Å². The van der Waals surface area contributed by atoms with Crippen LogP contribution in [0.5, 0.6) is 11.8 Å². The molecule has 0 saturated carbocycles. The highest BCUT2D eigenvalue weighted by atomic mass is 19.1. The maximum Gasteiger partial charge on any atom is 0.319 e. The second-order valence-electron chi connectivity index (χ2n) is 12.7. The lowest BCUT2D eigenvalue weighted by Gasteiger charge is -2.32. The summed E-state index contributed by atoms with van der Waals surface area (Å²) in [6.07, 6.45) is 7.44. The molecule has 2 aromatic heterocycles. The average molecular weight is 606 g/mol. The predicted octanol–water partition coefficient (Wildman–Crippen LogP) is 7.12. The summed E-state index contributed by atoms with van der Waals surface area (Å²) in [6.45, 7) is 6.20. The van der Waals surface area contributed by atoms with Crippen molar-refractivity contribution in [3.8, 4) is 23.0 Å². The van der Waals surface area contributed by atoms with Crippen LogP contribution >= 0.6 is 0 Å². The molecule has 3 atom stereocenters. The number of rotatable bonds is 6. The Bertz CT molecular complexity index is 1740. The zero-order valence-electron chi connectivity index (χ0n) is 25.3. The third-order valence-electron chi connectivity index (χ3n) is 9.96. The van der Waals surface area contributed by atoms with Crippen LogP contribution in [0.1, 0.15) is 64.4 Å². The van der Waals surface area contributed by atoms with Crippen LogP contribution in [0.3, 0.4) is 0 Å². The van der Waals surface area contributed by atoms with Gasteiger partial charge in [0.2, 0.25) is 0 Å². The van der Waals surface area contributed by atoms with Crippen LogP contribution in [0.25, 0.3) is 32.9 Å². The second kappa shape index (κ2) is 11.4. The van der Waals surface area contributed by atoms with Crippen LogP contribution in [0.15, 0.2) is 30.5 Å². The number of anilines is 1. The number of aryl methyl sites for hydroxylation is 1. The molecule has 0 amide bonds. The van der Waals surface area contributed by atoms with Gasteiger partial charge in [0.1, 0.15) is 41.4 Å². The number of halogens is 3. The van der Waals surface area contributed by atoms with Crippen LogP contribution in [-0.2, 0) is 6.42 Å². The van der Waals surface area contributed by atoms with E-state index in [4.69, 9.17) is 9.72 Å². The van der Waals surface area contributed by atoms with E-state index >= 15 is 4.39 Å². The summed E-state index contributed by atoms with van der Waals surface area (Å²) in [4.78, 5) is 18.3. The number of hydrogen-bond acceptors (Lipinski definition) is 7. The molecule has 44 heavy (non-hydrogen) atoms. The molecule has 5 heterocycles. The Morgan fingerprint density at radius 2 is 1.95 bits per heavy atom. The molecule has 3 saturated heterocycles. The maximum absolute atomic E-state index is 16.8. The van der Waals surface area contributed by atoms with Gasteiger partial charge in [-0.15, -0.1) is 0 Å². The van der Waals surface area contributed by atoms with Gasteiger partial charge in [-0.3, -0.25) is 9.88 Å². The molecule has 0 unspecified atom stereocenters. The summed E-state index contributed by atoms with van der Waals surface area (Å²) in [7, 11) is 0. The van der Waals surface area contributed by atoms with Gasteiger partial charge in [0.05, 0.1) is 10.9 Å². The summed E-state index contributed by atoms with van der Waals surface area (Å²) in [6, 6.07) is 6.12. The lowest BCUT2D eigenvalue weighted by molar-refractivity contribution is 0.107. The van der Waals surface area contributed by atoms with Crippen LogP contribution < -0.4 is 9.64 Å². The average Bonchev–Trinajstić information content (AvgIpc) is 3.44. The Balaban J connectivity index is 1.39. The summed E-state index contributed by atoms with van der Waals surface area (Å²) in [5.74, 6) is -0.598. The van der Waals surface area contributed by atoms with Crippen LogP contribution in [0.4, 0.5) is 19.0 Å². The summed E-state index contributed by atoms with van der Waals surface area (Å²) in [5, 5.41) is 12.1. The Kier molecular flexibility index (Phi) is 7.51. The molecule has 2 aromatic carbocycles. The number of benzene rings is 2. The third-order valence-corrected chi connectivity index (χ3v) is 9.96. The largest absolute Gasteiger partial charge is 0.508 e. The van der Waals surface area contributed by atoms with Crippen molar-refractivity contribution in [3.63, 3.8) is 0 Å². The van der Waals surface area contributed by atoms with Crippen LogP contribution in [0, 0.1) is 11.6 Å². The number of hydrogen-bond donors (Lipinski definition) is 1. The fourth-order valence-electron chi connectivity index (χ4n) is 7.76. The first-order valence-corrected chi connectivity index (χ1v) is 15.9. The van der Waals surface area contributed by atoms with E-state index < -0.39 is 23.3 Å². The molecule has 3 aliphatic heterocycles. The number of alkyl halides is 1. The van der Waals surface area contributed by atoms with Gasteiger partial charge in [0.25, 0.3) is 0 Å². The number of aromatic hydroxyl groups is 1. The second-order valence-corrected chi connectivity index (χ2v) is 12.7. The molecule has 3 aliphatic rings. The molecule has 0 spiro atoms. The molecule has 3 fully saturated rings. The standard InChI is InChI=1S/C34H38F3N5O2/c1-3-24-27(36)10-9-21-14-23(43)15-25(28(21)24)30-29(37)31-26(17-38-30)32(42-13-6-4-5-8-20(42)2)40-33(39-31)44-19-34-11-7-12-41(34)18-22(35)16-34/h9-10,14-15,17,20,22,43H,3-8,11-13,16,18-19H2,1-2H3/t20-,22+,34-/m0/s1. The molecule has 10 heteroatoms. The van der Waals surface area contributed by atoms with E-state index in [2.05, 4.69) is 26.7 Å². The van der Waals surface area contributed by atoms with Gasteiger partial charge in [-0.25, -0.2) is 13.2 Å². The Morgan fingerprint density at radius 3 is 2.80 bits per heavy atom. The van der Waals surface area contributed by atoms with E-state index in [1.807, 2.05) is 6.92 Å². The SMILES string of the molecule is CCc1c(F)ccc2cc(O)cc(-c3ncc4c(N5CCCCC[C@@H]5C)nc(OC[C@@]56CCCN5C[C@H](F)C6)nc4c3F)c12. The topological polar surface area (TPSA) is 74.6 Å². The number of nitrogens with zero attached hydrogens (tertiary/aromatic N) is 5. The number of phenols is 1. The lowest BCUT2D eigenvalue weighted by atomic mass is 9.94. The number of pyridine rings is 1. The van der Waals surface area contributed by atoms with E-state index in [0.29, 0.717) is 52.5 Å². The molecule has 0 radical (unpaired) electrons. The van der Waals surface area contributed by atoms with E-state index in [1.165, 1.54) is 12.1 Å². The van der Waals surface area contributed by atoms with Crippen molar-refractivity contribution in [1.29, 1.82) is 0 Å². The maximum atomic E-state index is 16.8. The molecule has 1 N–H and O–H groups in total. The highest BCUT2D eigenvalue weighted by molar-refractivity contribution is 6.01. The zero-order valence-corrected chi connectivity index (χ0v) is 25.3. The minimum absolute atomic E-state index is 0.0326. The molecule has 232 valence electrons. The molecule has 0 bridgehead atoms. The van der Waals surface area contributed by atoms with Gasteiger partial charge in [0, 0.05) is 37.3 Å². The minimum Gasteiger partial charge on any atom is -0.508 e. The first kappa shape index (κ1) is 29.1. The first-order valence-electron chi connectivity index (χ1n) is 15.9. The molecule has 0 aliphatic carbocycles. The third kappa shape index (κ3) is 4.91. The van der Waals surface area contributed by atoms with Gasteiger partial charge in [-0.05, 0) is 80.1 Å². The quantitative estimate of drug-likeness (QED) is 0.251. The van der Waals surface area contributed by atoms with Crippen LogP contribution in [0.2, 0.25) is 0 Å². The Labute approximate surface area is 255 Å². The lowest BCUT2D eigenvalue weighted by Crippen LogP contribution is -2.43. The summed E-state index contributed by atoms with van der Waals surface area (Å²) in [5.41, 5.74) is 0.328. The number of phenolic OH excluding ortho intramolecular Hbond substituents is 1. The first-order chi connectivity index (χ1) is 21.3. The molecule has 7 nitrogen and oxygen atoms in total. The van der Waals surface area contributed by atoms with E-state index in [0.717, 1.165) is 51.6 Å². The Morgan fingerprint density at radius 1 is 1.09 bits per heavy atom. The normalized spacial score (nSPS) is 24.2. The predicted molar refractivity (Wildman–Crippen MR) is 165 cm³/mol. The molecular weight excluding hydrogens is 567 g/mol. The summed E-state index contributed by atoms with van der Waals surface area (Å²) < 4.78 is 52.4. The van der Waals surface area contributed by atoms with E-state index in [-0.39, 0.29) is 35.6 Å². The van der Waals surface area contributed by atoms with Gasteiger partial charge >= 0.3 is 6.01 Å². The highest BCUT2D eigenvalue weighted by Gasteiger charge is 2.49. The molecular formula is C34H38F3N5O2. The number of fused-ring (bicyclic) bond motifs is 3. The summed E-state index contributed by atoms with van der Waals surface area (Å²) >= 11 is 0. The number of ether oxygens (including phenoxy) is 1. The van der Waals surface area contributed by atoms with Gasteiger partial charge < -0.3 is 14.7 Å². The smallest absolute Gasteiger partial charge is 0.319 e. The van der Waals surface area contributed by atoms with Crippen molar-refractivity contribution in [2.24, 2.45) is 0 Å². The van der Waals surface area contributed by atoms with Gasteiger partial charge in [-0.1, -0.05) is 25.8 Å². The van der Waals surface area contributed by atoms with Crippen molar-refractivity contribution < 1.29 is 23.0 Å². The molecule has 7 rings (SSSR count). The van der Waals surface area contributed by atoms with Crippen molar-refractivity contribution in [1.82, 2.24) is 19.9 Å². The fraction of sp³-hybridized carbons (Fsp3) is 0.500. The van der Waals surface area contributed by atoms with Gasteiger partial charge in [-0.2, -0.15) is 9.97 Å². The van der Waals surface area contributed by atoms with E-state index in [9.17, 15) is 13.9 Å². The Hall–Kier alpha value is -3.66. The highest BCUT2D eigenvalue weighted by Crippen LogP contribution is 2.42. The number of aromatic nitrogens is 3.